The highest BCUT2D eigenvalue weighted by Gasteiger charge is 2.42. The SMILES string of the molecule is C#Cc1ccc([C@@H]2C(C(=C)C)=C(/C(C)=C\C)[N+](C)=C2C(=C)C)c(C)c1.CCC. The van der Waals surface area contributed by atoms with Gasteiger partial charge < -0.3 is 0 Å². The molecule has 0 bridgehead atoms. The summed E-state index contributed by atoms with van der Waals surface area (Å²) in [6.07, 6.45) is 8.97. The number of aryl methyl sites for hydroxylation is 1. The average Bonchev–Trinajstić information content (AvgIpc) is 2.94. The second-order valence-corrected chi connectivity index (χ2v) is 7.59. The minimum absolute atomic E-state index is 0.136. The number of likely N-dealkylation sites (N-methyl/N-ethyl adjacent to an activating group) is 1. The number of hydrogen-bond donors (Lipinski definition) is 0. The molecular weight excluding hydrogens is 338 g/mol. The zero-order chi connectivity index (χ0) is 21.6. The molecule has 0 fully saturated rings. The molecule has 0 saturated heterocycles. The normalized spacial score (nSPS) is 16.5. The van der Waals surface area contributed by atoms with Gasteiger partial charge in [-0.3, -0.25) is 0 Å². The van der Waals surface area contributed by atoms with Gasteiger partial charge in [0, 0.05) is 22.3 Å². The van der Waals surface area contributed by atoms with Crippen LogP contribution in [0, 0.1) is 19.3 Å². The fraction of sp³-hybridized carbons (Fsp3) is 0.370. The lowest BCUT2D eigenvalue weighted by atomic mass is 9.80. The molecule has 1 aromatic rings. The van der Waals surface area contributed by atoms with E-state index in [1.165, 1.54) is 40.1 Å². The topological polar surface area (TPSA) is 3.01 Å². The van der Waals surface area contributed by atoms with E-state index in [2.05, 4.69) is 97.4 Å². The van der Waals surface area contributed by atoms with E-state index in [-0.39, 0.29) is 5.92 Å². The quantitative estimate of drug-likeness (QED) is 0.396. The molecule has 0 aromatic heterocycles. The molecule has 1 nitrogen and oxygen atoms in total. The Morgan fingerprint density at radius 2 is 1.75 bits per heavy atom. The van der Waals surface area contributed by atoms with Gasteiger partial charge >= 0.3 is 0 Å². The second-order valence-electron chi connectivity index (χ2n) is 7.59. The van der Waals surface area contributed by atoms with Gasteiger partial charge in [0.25, 0.3) is 0 Å². The second kappa shape index (κ2) is 10.1. The van der Waals surface area contributed by atoms with Crippen molar-refractivity contribution in [2.75, 3.05) is 7.05 Å². The van der Waals surface area contributed by atoms with Gasteiger partial charge in [0.1, 0.15) is 13.0 Å². The lowest BCUT2D eigenvalue weighted by Crippen LogP contribution is -2.19. The van der Waals surface area contributed by atoms with E-state index >= 15 is 0 Å². The van der Waals surface area contributed by atoms with E-state index in [0.717, 1.165) is 16.7 Å². The standard InChI is InChI=1S/C24H28N.C3H8/c1-10-17(7)24-21(15(3)4)22(23(16(5)6)25(24)9)20-13-12-19(11-2)14-18(20)8;1-3-2/h2,10,12-14,22H,3,5H2,1,4,6-9H3;3H2,1-2H3/q+1;/b17-10-;/t22-;/m1./s1. The van der Waals surface area contributed by atoms with Crippen LogP contribution >= 0.6 is 0 Å². The number of nitrogens with zero attached hydrogens (tertiary/aromatic N) is 1. The van der Waals surface area contributed by atoms with Gasteiger partial charge in [0.2, 0.25) is 5.70 Å². The Morgan fingerprint density at radius 3 is 2.14 bits per heavy atom. The van der Waals surface area contributed by atoms with E-state index in [1.807, 2.05) is 6.07 Å². The summed E-state index contributed by atoms with van der Waals surface area (Å²) >= 11 is 0. The van der Waals surface area contributed by atoms with Gasteiger partial charge in [0.05, 0.1) is 0 Å². The summed E-state index contributed by atoms with van der Waals surface area (Å²) in [6.45, 7) is 23.3. The molecule has 1 aliphatic rings. The number of benzene rings is 1. The Hall–Kier alpha value is -2.59. The fourth-order valence-corrected chi connectivity index (χ4v) is 3.76. The molecule has 1 aliphatic heterocycles. The summed E-state index contributed by atoms with van der Waals surface area (Å²) in [5.41, 5.74) is 10.5. The first-order valence-electron chi connectivity index (χ1n) is 10.0. The predicted molar refractivity (Wildman–Crippen MR) is 125 cm³/mol. The molecule has 0 N–H and O–H groups in total. The summed E-state index contributed by atoms with van der Waals surface area (Å²) in [7, 11) is 2.13. The third-order valence-electron chi connectivity index (χ3n) is 4.97. The zero-order valence-electron chi connectivity index (χ0n) is 19.0. The Labute approximate surface area is 172 Å². The maximum Gasteiger partial charge on any atom is 0.212 e. The predicted octanol–water partition coefficient (Wildman–Crippen LogP) is 6.95. The first-order valence-corrected chi connectivity index (χ1v) is 10.0. The summed E-state index contributed by atoms with van der Waals surface area (Å²) < 4.78 is 2.28. The van der Waals surface area contributed by atoms with E-state index < -0.39 is 0 Å². The Bertz CT molecular complexity index is 910. The summed E-state index contributed by atoms with van der Waals surface area (Å²) in [6, 6.07) is 6.26. The summed E-state index contributed by atoms with van der Waals surface area (Å²) in [5, 5.41) is 0. The molecule has 0 saturated carbocycles. The van der Waals surface area contributed by atoms with Gasteiger partial charge in [0.15, 0.2) is 5.71 Å². The van der Waals surface area contributed by atoms with Crippen molar-refractivity contribution in [2.24, 2.45) is 0 Å². The minimum atomic E-state index is 0.136. The lowest BCUT2D eigenvalue weighted by molar-refractivity contribution is -0.436. The van der Waals surface area contributed by atoms with Crippen LogP contribution < -0.4 is 0 Å². The van der Waals surface area contributed by atoms with Crippen LogP contribution in [0.2, 0.25) is 0 Å². The van der Waals surface area contributed by atoms with Gasteiger partial charge in [-0.05, 0) is 63.5 Å². The third kappa shape index (κ3) is 4.63. The molecule has 0 aliphatic carbocycles. The molecule has 0 amide bonds. The molecule has 1 aromatic carbocycles. The smallest absolute Gasteiger partial charge is 0.197 e. The van der Waals surface area contributed by atoms with E-state index in [9.17, 15) is 0 Å². The van der Waals surface area contributed by atoms with E-state index in [4.69, 9.17) is 6.42 Å². The molecule has 1 heteroatoms. The van der Waals surface area contributed by atoms with Crippen LogP contribution in [0.15, 0.2) is 65.4 Å². The zero-order valence-corrected chi connectivity index (χ0v) is 19.0. The van der Waals surface area contributed by atoms with Crippen molar-refractivity contribution in [3.8, 4) is 12.3 Å². The van der Waals surface area contributed by atoms with Crippen molar-refractivity contribution in [3.05, 3.63) is 82.1 Å². The Kier molecular flexibility index (Phi) is 8.45. The molecule has 148 valence electrons. The van der Waals surface area contributed by atoms with Gasteiger partial charge in [-0.15, -0.1) is 6.42 Å². The molecule has 1 atom stereocenters. The number of rotatable bonds is 4. The van der Waals surface area contributed by atoms with Gasteiger partial charge in [-0.2, -0.15) is 4.58 Å². The molecular formula is C27H36N+. The third-order valence-corrected chi connectivity index (χ3v) is 4.97. The highest BCUT2D eigenvalue weighted by Crippen LogP contribution is 2.42. The van der Waals surface area contributed by atoms with Crippen LogP contribution in [0.1, 0.15) is 70.6 Å². The molecule has 0 spiro atoms. The average molecular weight is 375 g/mol. The fourth-order valence-electron chi connectivity index (χ4n) is 3.76. The van der Waals surface area contributed by atoms with Crippen molar-refractivity contribution in [1.82, 2.24) is 0 Å². The van der Waals surface area contributed by atoms with Crippen LogP contribution in [0.5, 0.6) is 0 Å². The summed E-state index contributed by atoms with van der Waals surface area (Å²) in [5.74, 6) is 2.86. The Morgan fingerprint density at radius 1 is 1.18 bits per heavy atom. The largest absolute Gasteiger partial charge is 0.212 e. The molecule has 28 heavy (non-hydrogen) atoms. The van der Waals surface area contributed by atoms with Crippen molar-refractivity contribution in [1.29, 1.82) is 0 Å². The van der Waals surface area contributed by atoms with E-state index in [0.29, 0.717) is 0 Å². The summed E-state index contributed by atoms with van der Waals surface area (Å²) in [4.78, 5) is 0. The van der Waals surface area contributed by atoms with Crippen molar-refractivity contribution < 1.29 is 4.58 Å². The van der Waals surface area contributed by atoms with Crippen molar-refractivity contribution in [3.63, 3.8) is 0 Å². The van der Waals surface area contributed by atoms with Gasteiger partial charge in [-0.1, -0.05) is 51.5 Å². The highest BCUT2D eigenvalue weighted by atomic mass is 15.0. The molecule has 2 rings (SSSR count). The first kappa shape index (κ1) is 23.4. The van der Waals surface area contributed by atoms with Crippen LogP contribution in [0.3, 0.4) is 0 Å². The maximum atomic E-state index is 5.57. The first-order chi connectivity index (χ1) is 13.2. The molecule has 0 unspecified atom stereocenters. The van der Waals surface area contributed by atoms with Crippen molar-refractivity contribution in [2.45, 2.75) is 60.8 Å². The number of allylic oxidation sites excluding steroid dienone is 5. The minimum Gasteiger partial charge on any atom is -0.197 e. The van der Waals surface area contributed by atoms with Crippen molar-refractivity contribution >= 4 is 5.71 Å². The maximum absolute atomic E-state index is 5.57. The Balaban J connectivity index is 0.00000122. The van der Waals surface area contributed by atoms with E-state index in [1.54, 1.807) is 0 Å². The molecule has 1 heterocycles. The lowest BCUT2D eigenvalue weighted by Gasteiger charge is -2.17. The molecule has 0 radical (unpaired) electrons. The van der Waals surface area contributed by atoms with Crippen LogP contribution in [-0.4, -0.2) is 17.3 Å². The number of hydrogen-bond acceptors (Lipinski definition) is 0. The van der Waals surface area contributed by atoms with Crippen LogP contribution in [0.4, 0.5) is 0 Å². The van der Waals surface area contributed by atoms with Gasteiger partial charge in [-0.25, -0.2) is 0 Å². The highest BCUT2D eigenvalue weighted by molar-refractivity contribution is 6.05. The monoisotopic (exact) mass is 374 g/mol. The van der Waals surface area contributed by atoms with Crippen LogP contribution in [0.25, 0.3) is 0 Å². The van der Waals surface area contributed by atoms with Crippen LogP contribution in [-0.2, 0) is 0 Å². The number of terminal acetylenes is 1.